The molecule has 29 heavy (non-hydrogen) atoms. The molecule has 4 nitrogen and oxygen atoms in total. The number of nitrogens with one attached hydrogen (secondary N) is 3. The second-order valence-electron chi connectivity index (χ2n) is 8.38. The van der Waals surface area contributed by atoms with Crippen LogP contribution >= 0.6 is 0 Å². The summed E-state index contributed by atoms with van der Waals surface area (Å²) in [5, 5.41) is 3.17. The molecule has 3 N–H and O–H groups in total. The van der Waals surface area contributed by atoms with Gasteiger partial charge in [-0.05, 0) is 36.1 Å². The number of amides is 1. The van der Waals surface area contributed by atoms with Gasteiger partial charge < -0.3 is 15.1 Å². The molecule has 1 aliphatic heterocycles. The van der Waals surface area contributed by atoms with Gasteiger partial charge >= 0.3 is 0 Å². The van der Waals surface area contributed by atoms with Crippen molar-refractivity contribution in [1.29, 1.82) is 0 Å². The van der Waals surface area contributed by atoms with E-state index >= 15 is 0 Å². The average molecular weight is 394 g/mol. The number of benzene rings is 2. The van der Waals surface area contributed by atoms with Crippen molar-refractivity contribution in [3.63, 3.8) is 0 Å². The summed E-state index contributed by atoms with van der Waals surface area (Å²) >= 11 is 0. The Morgan fingerprint density at radius 1 is 0.966 bits per heavy atom. The van der Waals surface area contributed by atoms with Crippen LogP contribution in [-0.2, 0) is 4.79 Å². The molecule has 1 aliphatic rings. The van der Waals surface area contributed by atoms with E-state index < -0.39 is 0 Å². The fraction of sp³-hybridized carbons (Fsp3) is 0.400. The first-order valence-electron chi connectivity index (χ1n) is 10.8. The Bertz CT molecular complexity index is 808. The molecule has 154 valence electrons. The molecule has 3 rings (SSSR count). The van der Waals surface area contributed by atoms with Gasteiger partial charge in [0.1, 0.15) is 26.2 Å². The molecule has 0 aliphatic carbocycles. The van der Waals surface area contributed by atoms with Crippen molar-refractivity contribution in [2.24, 2.45) is 0 Å². The predicted octanol–water partition coefficient (Wildman–Crippen LogP) is 1.63. The number of carbonyl (C=O) groups excluding carboxylic acids is 1. The number of piperazine rings is 1. The van der Waals surface area contributed by atoms with Crippen LogP contribution < -0.4 is 15.1 Å². The van der Waals surface area contributed by atoms with Crippen LogP contribution in [0.5, 0.6) is 0 Å². The number of quaternary nitrogens is 2. The van der Waals surface area contributed by atoms with E-state index in [0.717, 1.165) is 38.4 Å². The van der Waals surface area contributed by atoms with Gasteiger partial charge in [0.25, 0.3) is 5.91 Å². The third kappa shape index (κ3) is 6.02. The largest absolute Gasteiger partial charge is 0.322 e. The highest BCUT2D eigenvalue weighted by atomic mass is 16.2. The van der Waals surface area contributed by atoms with Crippen molar-refractivity contribution < 1.29 is 14.6 Å². The maximum Gasteiger partial charge on any atom is 0.282 e. The Labute approximate surface area is 175 Å². The summed E-state index contributed by atoms with van der Waals surface area (Å²) in [5.41, 5.74) is 3.40. The number of hydrogen-bond acceptors (Lipinski definition) is 1. The van der Waals surface area contributed by atoms with Crippen LogP contribution in [0.2, 0.25) is 0 Å². The SMILES string of the molecule is CC(C)c1ccccc1NC(=O)[C@@H](C)[NH+]1CC[NH+](C/C=C/c2ccccc2)CC1. The van der Waals surface area contributed by atoms with E-state index in [9.17, 15) is 4.79 Å². The Hall–Kier alpha value is -2.43. The smallest absolute Gasteiger partial charge is 0.282 e. The summed E-state index contributed by atoms with van der Waals surface area (Å²) in [4.78, 5) is 15.8. The molecule has 0 aromatic heterocycles. The van der Waals surface area contributed by atoms with Crippen LogP contribution in [0.4, 0.5) is 5.69 Å². The van der Waals surface area contributed by atoms with E-state index in [1.807, 2.05) is 24.3 Å². The molecule has 0 spiro atoms. The first kappa shape index (κ1) is 21.3. The third-order valence-electron chi connectivity index (χ3n) is 5.96. The molecule has 2 aromatic rings. The quantitative estimate of drug-likeness (QED) is 0.657. The maximum absolute atomic E-state index is 12.8. The molecule has 4 heteroatoms. The minimum atomic E-state index is -0.0309. The summed E-state index contributed by atoms with van der Waals surface area (Å²) < 4.78 is 0. The number of rotatable bonds is 7. The average Bonchev–Trinajstić information content (AvgIpc) is 2.74. The van der Waals surface area contributed by atoms with Gasteiger partial charge in [-0.15, -0.1) is 0 Å². The highest BCUT2D eigenvalue weighted by Crippen LogP contribution is 2.23. The normalized spacial score (nSPS) is 20.7. The maximum atomic E-state index is 12.8. The molecule has 2 aromatic carbocycles. The van der Waals surface area contributed by atoms with Crippen LogP contribution in [0.25, 0.3) is 6.08 Å². The minimum absolute atomic E-state index is 0.0309. The van der Waals surface area contributed by atoms with Gasteiger partial charge in [0.2, 0.25) is 0 Å². The number of para-hydroxylation sites is 1. The van der Waals surface area contributed by atoms with Crippen LogP contribution in [-0.4, -0.2) is 44.7 Å². The summed E-state index contributed by atoms with van der Waals surface area (Å²) in [6.45, 7) is 11.7. The summed E-state index contributed by atoms with van der Waals surface area (Å²) in [6.07, 6.45) is 4.48. The topological polar surface area (TPSA) is 38.0 Å². The fourth-order valence-electron chi connectivity index (χ4n) is 4.03. The molecule has 1 amide bonds. The van der Waals surface area contributed by atoms with Crippen molar-refractivity contribution >= 4 is 17.7 Å². The van der Waals surface area contributed by atoms with Gasteiger partial charge in [-0.2, -0.15) is 0 Å². The Kier molecular flexibility index (Phi) is 7.62. The predicted molar refractivity (Wildman–Crippen MR) is 120 cm³/mol. The van der Waals surface area contributed by atoms with Gasteiger partial charge in [0.15, 0.2) is 6.04 Å². The van der Waals surface area contributed by atoms with Crippen molar-refractivity contribution in [3.8, 4) is 0 Å². The second-order valence-corrected chi connectivity index (χ2v) is 8.38. The van der Waals surface area contributed by atoms with Crippen molar-refractivity contribution in [2.45, 2.75) is 32.7 Å². The fourth-order valence-corrected chi connectivity index (χ4v) is 4.03. The van der Waals surface area contributed by atoms with E-state index in [-0.39, 0.29) is 11.9 Å². The summed E-state index contributed by atoms with van der Waals surface area (Å²) in [6, 6.07) is 18.6. The van der Waals surface area contributed by atoms with E-state index in [1.165, 1.54) is 16.0 Å². The zero-order valence-corrected chi connectivity index (χ0v) is 17.9. The Morgan fingerprint density at radius 2 is 1.62 bits per heavy atom. The van der Waals surface area contributed by atoms with Crippen molar-refractivity contribution in [2.75, 3.05) is 38.0 Å². The lowest BCUT2D eigenvalue weighted by molar-refractivity contribution is -1.02. The molecule has 1 heterocycles. The van der Waals surface area contributed by atoms with Gasteiger partial charge in [0.05, 0.1) is 6.54 Å². The Balaban J connectivity index is 1.47. The van der Waals surface area contributed by atoms with Gasteiger partial charge in [0, 0.05) is 5.69 Å². The van der Waals surface area contributed by atoms with Crippen LogP contribution in [0.3, 0.4) is 0 Å². The molecular formula is C25H35N3O+2. The monoisotopic (exact) mass is 393 g/mol. The lowest BCUT2D eigenvalue weighted by atomic mass is 10.0. The number of anilines is 1. The molecular weight excluding hydrogens is 358 g/mol. The van der Waals surface area contributed by atoms with Crippen LogP contribution in [0.15, 0.2) is 60.7 Å². The zero-order chi connectivity index (χ0) is 20.6. The highest BCUT2D eigenvalue weighted by molar-refractivity contribution is 5.94. The molecule has 1 fully saturated rings. The standard InChI is InChI=1S/C25H33N3O/c1-20(2)23-13-7-8-14-24(23)26-25(29)21(3)28-18-16-27(17-19-28)15-9-12-22-10-5-4-6-11-22/h4-14,20-21H,15-19H2,1-3H3,(H,26,29)/p+2/b12-9+/t21-/m1/s1. The highest BCUT2D eigenvalue weighted by Gasteiger charge is 2.30. The summed E-state index contributed by atoms with van der Waals surface area (Å²) in [5.74, 6) is 0.519. The van der Waals surface area contributed by atoms with E-state index in [1.54, 1.807) is 4.90 Å². The number of hydrogen-bond donors (Lipinski definition) is 3. The lowest BCUT2D eigenvalue weighted by Crippen LogP contribution is -3.29. The van der Waals surface area contributed by atoms with E-state index in [4.69, 9.17) is 0 Å². The third-order valence-corrected chi connectivity index (χ3v) is 5.96. The van der Waals surface area contributed by atoms with Gasteiger partial charge in [-0.1, -0.05) is 68.5 Å². The zero-order valence-electron chi connectivity index (χ0n) is 17.9. The lowest BCUT2D eigenvalue weighted by Gasteiger charge is -2.32. The molecule has 0 radical (unpaired) electrons. The Morgan fingerprint density at radius 3 is 2.31 bits per heavy atom. The minimum Gasteiger partial charge on any atom is -0.322 e. The van der Waals surface area contributed by atoms with Crippen LogP contribution in [0, 0.1) is 0 Å². The molecule has 0 saturated carbocycles. The second kappa shape index (κ2) is 10.4. The number of carbonyl (C=O) groups is 1. The first-order chi connectivity index (χ1) is 14.0. The van der Waals surface area contributed by atoms with Gasteiger partial charge in [-0.25, -0.2) is 0 Å². The molecule has 1 atom stereocenters. The van der Waals surface area contributed by atoms with E-state index in [0.29, 0.717) is 5.92 Å². The van der Waals surface area contributed by atoms with Crippen molar-refractivity contribution in [1.82, 2.24) is 0 Å². The van der Waals surface area contributed by atoms with Crippen molar-refractivity contribution in [3.05, 3.63) is 71.8 Å². The van der Waals surface area contributed by atoms with E-state index in [2.05, 4.69) is 68.6 Å². The molecule has 1 saturated heterocycles. The van der Waals surface area contributed by atoms with Gasteiger partial charge in [-0.3, -0.25) is 4.79 Å². The molecule has 0 unspecified atom stereocenters. The summed E-state index contributed by atoms with van der Waals surface area (Å²) in [7, 11) is 0. The molecule has 0 bridgehead atoms. The van der Waals surface area contributed by atoms with Crippen LogP contribution in [0.1, 0.15) is 37.8 Å². The first-order valence-corrected chi connectivity index (χ1v) is 10.8.